The third kappa shape index (κ3) is 4.03. The summed E-state index contributed by atoms with van der Waals surface area (Å²) >= 11 is 0. The standard InChI is InChI=1S/C25H31NO4/c1-3-29-21-15-8-7-12-18(21)23-22(25(28)30-17-10-5-4-6-11-17)16(2)26-19-13-9-14-20(27)24(19)23/h7-8,12,15,17,22-23,26H,2-6,9-11,13-14H2,1H3. The van der Waals surface area contributed by atoms with Gasteiger partial charge in [0, 0.05) is 34.9 Å². The van der Waals surface area contributed by atoms with Crippen LogP contribution in [0, 0.1) is 5.92 Å². The summed E-state index contributed by atoms with van der Waals surface area (Å²) in [6.07, 6.45) is 7.26. The molecule has 1 N–H and O–H groups in total. The number of para-hydroxylation sites is 1. The fraction of sp³-hybridized carbons (Fsp3) is 0.520. The summed E-state index contributed by atoms with van der Waals surface area (Å²) in [4.78, 5) is 26.4. The zero-order chi connectivity index (χ0) is 21.1. The maximum atomic E-state index is 13.4. The van der Waals surface area contributed by atoms with E-state index in [-0.39, 0.29) is 17.9 Å². The Balaban J connectivity index is 1.75. The number of ketones is 1. The van der Waals surface area contributed by atoms with Crippen LogP contribution in [-0.4, -0.2) is 24.5 Å². The highest BCUT2D eigenvalue weighted by atomic mass is 16.5. The molecule has 0 aromatic heterocycles. The van der Waals surface area contributed by atoms with E-state index in [2.05, 4.69) is 11.9 Å². The molecule has 2 atom stereocenters. The third-order valence-electron chi connectivity index (χ3n) is 6.43. The van der Waals surface area contributed by atoms with Crippen LogP contribution in [0.3, 0.4) is 0 Å². The number of esters is 1. The molecule has 0 spiro atoms. The van der Waals surface area contributed by atoms with Crippen molar-refractivity contribution in [3.8, 4) is 5.75 Å². The number of carbonyl (C=O) groups is 2. The second-order valence-electron chi connectivity index (χ2n) is 8.44. The molecule has 5 nitrogen and oxygen atoms in total. The van der Waals surface area contributed by atoms with Crippen molar-refractivity contribution < 1.29 is 19.1 Å². The molecule has 30 heavy (non-hydrogen) atoms. The van der Waals surface area contributed by atoms with Gasteiger partial charge in [0.05, 0.1) is 6.61 Å². The molecular formula is C25H31NO4. The van der Waals surface area contributed by atoms with E-state index in [1.54, 1.807) is 0 Å². The van der Waals surface area contributed by atoms with Gasteiger partial charge in [0.15, 0.2) is 5.78 Å². The van der Waals surface area contributed by atoms with Gasteiger partial charge in [0.2, 0.25) is 0 Å². The molecule has 1 heterocycles. The lowest BCUT2D eigenvalue weighted by Gasteiger charge is -2.39. The molecule has 0 radical (unpaired) electrons. The first-order chi connectivity index (χ1) is 14.6. The van der Waals surface area contributed by atoms with Gasteiger partial charge in [-0.25, -0.2) is 0 Å². The molecule has 1 aromatic carbocycles. The van der Waals surface area contributed by atoms with E-state index in [0.717, 1.165) is 49.8 Å². The van der Waals surface area contributed by atoms with Crippen molar-refractivity contribution in [2.45, 2.75) is 70.3 Å². The average molecular weight is 410 g/mol. The SMILES string of the molecule is C=C1NC2=C(C(=O)CCC2)C(c2ccccc2OCC)C1C(=O)OC1CCCCC1. The summed E-state index contributed by atoms with van der Waals surface area (Å²) in [7, 11) is 0. The van der Waals surface area contributed by atoms with Crippen molar-refractivity contribution in [3.63, 3.8) is 0 Å². The molecule has 0 bridgehead atoms. The third-order valence-corrected chi connectivity index (χ3v) is 6.43. The Bertz CT molecular complexity index is 866. The monoisotopic (exact) mass is 409 g/mol. The summed E-state index contributed by atoms with van der Waals surface area (Å²) in [6.45, 7) is 6.63. The highest BCUT2D eigenvalue weighted by molar-refractivity contribution is 6.00. The number of hydrogen-bond donors (Lipinski definition) is 1. The molecular weight excluding hydrogens is 378 g/mol. The minimum Gasteiger partial charge on any atom is -0.494 e. The predicted octanol–water partition coefficient (Wildman–Crippen LogP) is 4.79. The van der Waals surface area contributed by atoms with Crippen molar-refractivity contribution >= 4 is 11.8 Å². The fourth-order valence-corrected chi connectivity index (χ4v) is 5.05. The van der Waals surface area contributed by atoms with Gasteiger partial charge < -0.3 is 14.8 Å². The van der Waals surface area contributed by atoms with Crippen LogP contribution >= 0.6 is 0 Å². The normalized spacial score (nSPS) is 24.8. The first-order valence-electron chi connectivity index (χ1n) is 11.2. The lowest BCUT2D eigenvalue weighted by molar-refractivity contribution is -0.155. The zero-order valence-electron chi connectivity index (χ0n) is 17.7. The molecule has 1 aromatic rings. The Labute approximate surface area is 178 Å². The minimum atomic E-state index is -0.644. The maximum Gasteiger partial charge on any atom is 0.316 e. The lowest BCUT2D eigenvalue weighted by atomic mass is 9.71. The molecule has 0 amide bonds. The second kappa shape index (κ2) is 9.07. The van der Waals surface area contributed by atoms with E-state index >= 15 is 0 Å². The summed E-state index contributed by atoms with van der Waals surface area (Å²) < 4.78 is 11.8. The summed E-state index contributed by atoms with van der Waals surface area (Å²) in [5, 5.41) is 3.29. The minimum absolute atomic E-state index is 0.0423. The van der Waals surface area contributed by atoms with Gasteiger partial charge >= 0.3 is 5.97 Å². The van der Waals surface area contributed by atoms with Gasteiger partial charge in [0.25, 0.3) is 0 Å². The van der Waals surface area contributed by atoms with Gasteiger partial charge in [-0.15, -0.1) is 0 Å². The molecule has 2 aliphatic carbocycles. The van der Waals surface area contributed by atoms with Gasteiger partial charge in [0.1, 0.15) is 17.8 Å². The van der Waals surface area contributed by atoms with Gasteiger partial charge in [-0.05, 0) is 51.5 Å². The number of hydrogen-bond acceptors (Lipinski definition) is 5. The Morgan fingerprint density at radius 3 is 2.67 bits per heavy atom. The lowest BCUT2D eigenvalue weighted by Crippen LogP contribution is -2.42. The van der Waals surface area contributed by atoms with Crippen LogP contribution in [0.1, 0.15) is 69.8 Å². The summed E-state index contributed by atoms with van der Waals surface area (Å²) in [6, 6.07) is 7.71. The highest BCUT2D eigenvalue weighted by Crippen LogP contribution is 2.47. The molecule has 4 rings (SSSR count). The first kappa shape index (κ1) is 20.7. The van der Waals surface area contributed by atoms with E-state index in [4.69, 9.17) is 9.47 Å². The smallest absolute Gasteiger partial charge is 0.316 e. The van der Waals surface area contributed by atoms with E-state index in [0.29, 0.717) is 30.0 Å². The Morgan fingerprint density at radius 1 is 1.13 bits per heavy atom. The van der Waals surface area contributed by atoms with E-state index in [9.17, 15) is 9.59 Å². The Hall–Kier alpha value is -2.56. The van der Waals surface area contributed by atoms with Gasteiger partial charge in [-0.3, -0.25) is 9.59 Å². The van der Waals surface area contributed by atoms with Crippen molar-refractivity contribution in [2.75, 3.05) is 6.61 Å². The van der Waals surface area contributed by atoms with Crippen molar-refractivity contribution in [1.82, 2.24) is 5.32 Å². The van der Waals surface area contributed by atoms with Crippen LogP contribution in [0.2, 0.25) is 0 Å². The number of allylic oxidation sites excluding steroid dienone is 2. The fourth-order valence-electron chi connectivity index (χ4n) is 5.05. The van der Waals surface area contributed by atoms with Crippen molar-refractivity contribution in [1.29, 1.82) is 0 Å². The van der Waals surface area contributed by atoms with Crippen LogP contribution < -0.4 is 10.1 Å². The molecule has 2 unspecified atom stereocenters. The number of ether oxygens (including phenoxy) is 2. The largest absolute Gasteiger partial charge is 0.494 e. The molecule has 3 aliphatic rings. The van der Waals surface area contributed by atoms with Crippen LogP contribution in [0.5, 0.6) is 5.75 Å². The topological polar surface area (TPSA) is 64.6 Å². The number of Topliss-reactive ketones (excluding diaryl/α,β-unsaturated/α-hetero) is 1. The summed E-state index contributed by atoms with van der Waals surface area (Å²) in [5.41, 5.74) is 3.07. The van der Waals surface area contributed by atoms with E-state index in [1.165, 1.54) is 6.42 Å². The molecule has 5 heteroatoms. The van der Waals surface area contributed by atoms with Crippen LogP contribution in [0.4, 0.5) is 0 Å². The number of benzene rings is 1. The highest BCUT2D eigenvalue weighted by Gasteiger charge is 2.45. The van der Waals surface area contributed by atoms with Crippen LogP contribution in [0.15, 0.2) is 47.8 Å². The molecule has 1 fully saturated rings. The summed E-state index contributed by atoms with van der Waals surface area (Å²) in [5.74, 6) is -0.557. The molecule has 1 saturated carbocycles. The number of carbonyl (C=O) groups excluding carboxylic acids is 2. The van der Waals surface area contributed by atoms with E-state index < -0.39 is 11.8 Å². The average Bonchev–Trinajstić information content (AvgIpc) is 2.74. The molecule has 0 saturated heterocycles. The number of rotatable bonds is 5. The van der Waals surface area contributed by atoms with Gasteiger partial charge in [-0.2, -0.15) is 0 Å². The molecule has 160 valence electrons. The Kier molecular flexibility index (Phi) is 6.26. The zero-order valence-corrected chi connectivity index (χ0v) is 17.7. The first-order valence-corrected chi connectivity index (χ1v) is 11.2. The molecule has 1 aliphatic heterocycles. The van der Waals surface area contributed by atoms with Crippen LogP contribution in [0.25, 0.3) is 0 Å². The predicted molar refractivity (Wildman–Crippen MR) is 115 cm³/mol. The van der Waals surface area contributed by atoms with Gasteiger partial charge in [-0.1, -0.05) is 31.2 Å². The maximum absolute atomic E-state index is 13.4. The second-order valence-corrected chi connectivity index (χ2v) is 8.44. The number of nitrogens with one attached hydrogen (secondary N) is 1. The van der Waals surface area contributed by atoms with Crippen molar-refractivity contribution in [3.05, 3.63) is 53.4 Å². The van der Waals surface area contributed by atoms with E-state index in [1.807, 2.05) is 31.2 Å². The van der Waals surface area contributed by atoms with Crippen LogP contribution in [-0.2, 0) is 14.3 Å². The Morgan fingerprint density at radius 2 is 1.90 bits per heavy atom. The quantitative estimate of drug-likeness (QED) is 0.709. The van der Waals surface area contributed by atoms with Crippen molar-refractivity contribution in [2.24, 2.45) is 5.92 Å².